The Morgan fingerprint density at radius 1 is 1.52 bits per heavy atom. The summed E-state index contributed by atoms with van der Waals surface area (Å²) in [6.07, 6.45) is 2.00. The van der Waals surface area contributed by atoms with Crippen molar-refractivity contribution < 1.29 is 14.3 Å². The van der Waals surface area contributed by atoms with Crippen LogP contribution in [0, 0.1) is 5.92 Å². The zero-order valence-corrected chi connectivity index (χ0v) is 13.9. The summed E-state index contributed by atoms with van der Waals surface area (Å²) in [5, 5.41) is 2.91. The predicted octanol–water partition coefficient (Wildman–Crippen LogP) is 0.259. The van der Waals surface area contributed by atoms with Crippen molar-refractivity contribution in [3.8, 4) is 0 Å². The second kappa shape index (κ2) is 7.92. The van der Waals surface area contributed by atoms with E-state index < -0.39 is 0 Å². The number of nitrogens with one attached hydrogen (secondary N) is 1. The molecule has 1 saturated heterocycles. The SMILES string of the molecule is COCCN1CC(C(=O)NCc2ccnc(N(C)C)c2)CC1=O. The molecule has 1 N–H and O–H groups in total. The molecule has 126 valence electrons. The Morgan fingerprint density at radius 3 is 3.00 bits per heavy atom. The van der Waals surface area contributed by atoms with E-state index in [9.17, 15) is 9.59 Å². The van der Waals surface area contributed by atoms with Gasteiger partial charge < -0.3 is 19.9 Å². The summed E-state index contributed by atoms with van der Waals surface area (Å²) in [5.74, 6) is 0.496. The van der Waals surface area contributed by atoms with Gasteiger partial charge in [0.1, 0.15) is 5.82 Å². The van der Waals surface area contributed by atoms with Gasteiger partial charge in [0.05, 0.1) is 12.5 Å². The molecule has 1 aliphatic heterocycles. The van der Waals surface area contributed by atoms with Gasteiger partial charge in [0.25, 0.3) is 0 Å². The summed E-state index contributed by atoms with van der Waals surface area (Å²) in [5.41, 5.74) is 0.984. The molecule has 2 rings (SSSR count). The van der Waals surface area contributed by atoms with Gasteiger partial charge in [0.2, 0.25) is 11.8 Å². The number of hydrogen-bond acceptors (Lipinski definition) is 5. The highest BCUT2D eigenvalue weighted by Gasteiger charge is 2.33. The monoisotopic (exact) mass is 320 g/mol. The number of ether oxygens (including phenoxy) is 1. The molecular weight excluding hydrogens is 296 g/mol. The number of methoxy groups -OCH3 is 1. The molecule has 1 unspecified atom stereocenters. The average Bonchev–Trinajstić information content (AvgIpc) is 2.92. The minimum atomic E-state index is -0.283. The van der Waals surface area contributed by atoms with E-state index in [0.29, 0.717) is 26.2 Å². The molecule has 23 heavy (non-hydrogen) atoms. The molecular formula is C16H24N4O3. The molecule has 7 nitrogen and oxygen atoms in total. The Morgan fingerprint density at radius 2 is 2.30 bits per heavy atom. The number of carbonyl (C=O) groups excluding carboxylic acids is 2. The summed E-state index contributed by atoms with van der Waals surface area (Å²) in [6.45, 7) is 1.93. The second-order valence-corrected chi connectivity index (χ2v) is 5.87. The largest absolute Gasteiger partial charge is 0.383 e. The second-order valence-electron chi connectivity index (χ2n) is 5.87. The average molecular weight is 320 g/mol. The molecule has 0 radical (unpaired) electrons. The Hall–Kier alpha value is -2.15. The number of anilines is 1. The lowest BCUT2D eigenvalue weighted by Gasteiger charge is -2.16. The highest BCUT2D eigenvalue weighted by Crippen LogP contribution is 2.18. The van der Waals surface area contributed by atoms with Crippen molar-refractivity contribution in [2.75, 3.05) is 45.8 Å². The minimum absolute atomic E-state index is 0.0148. The molecule has 1 atom stereocenters. The van der Waals surface area contributed by atoms with Gasteiger partial charge in [0, 0.05) is 53.5 Å². The van der Waals surface area contributed by atoms with Crippen molar-refractivity contribution in [1.29, 1.82) is 0 Å². The van der Waals surface area contributed by atoms with Gasteiger partial charge in [-0.1, -0.05) is 0 Å². The van der Waals surface area contributed by atoms with Crippen LogP contribution >= 0.6 is 0 Å². The predicted molar refractivity (Wildman–Crippen MR) is 87.0 cm³/mol. The van der Waals surface area contributed by atoms with Gasteiger partial charge >= 0.3 is 0 Å². The number of likely N-dealkylation sites (tertiary alicyclic amines) is 1. The topological polar surface area (TPSA) is 74.8 Å². The number of pyridine rings is 1. The molecule has 0 aromatic carbocycles. The van der Waals surface area contributed by atoms with E-state index in [0.717, 1.165) is 11.4 Å². The van der Waals surface area contributed by atoms with Crippen LogP contribution in [0.1, 0.15) is 12.0 Å². The third kappa shape index (κ3) is 4.66. The minimum Gasteiger partial charge on any atom is -0.383 e. The van der Waals surface area contributed by atoms with E-state index >= 15 is 0 Å². The highest BCUT2D eigenvalue weighted by atomic mass is 16.5. The van der Waals surface area contributed by atoms with Crippen molar-refractivity contribution in [1.82, 2.24) is 15.2 Å². The van der Waals surface area contributed by atoms with E-state index in [1.807, 2.05) is 31.1 Å². The molecule has 1 fully saturated rings. The fourth-order valence-corrected chi connectivity index (χ4v) is 2.51. The number of aromatic nitrogens is 1. The maximum Gasteiger partial charge on any atom is 0.225 e. The number of carbonyl (C=O) groups is 2. The first-order valence-corrected chi connectivity index (χ1v) is 7.68. The van der Waals surface area contributed by atoms with Gasteiger partial charge in [-0.3, -0.25) is 9.59 Å². The first-order chi connectivity index (χ1) is 11.0. The maximum atomic E-state index is 12.3. The summed E-state index contributed by atoms with van der Waals surface area (Å²) in [7, 11) is 5.44. The lowest BCUT2D eigenvalue weighted by atomic mass is 10.1. The zero-order chi connectivity index (χ0) is 16.8. The molecule has 1 aromatic heterocycles. The third-order valence-electron chi connectivity index (χ3n) is 3.89. The Labute approximate surface area is 136 Å². The fourth-order valence-electron chi connectivity index (χ4n) is 2.51. The van der Waals surface area contributed by atoms with E-state index in [2.05, 4.69) is 10.3 Å². The van der Waals surface area contributed by atoms with Crippen molar-refractivity contribution >= 4 is 17.6 Å². The lowest BCUT2D eigenvalue weighted by molar-refractivity contribution is -0.129. The lowest BCUT2D eigenvalue weighted by Crippen LogP contribution is -2.33. The normalized spacial score (nSPS) is 17.4. The Bertz CT molecular complexity index is 562. The summed E-state index contributed by atoms with van der Waals surface area (Å²) < 4.78 is 4.98. The molecule has 1 aliphatic rings. The molecule has 0 saturated carbocycles. The molecule has 0 aliphatic carbocycles. The van der Waals surface area contributed by atoms with Gasteiger partial charge in [-0.05, 0) is 17.7 Å². The van der Waals surface area contributed by atoms with E-state index in [4.69, 9.17) is 4.74 Å². The first kappa shape index (κ1) is 17.2. The van der Waals surface area contributed by atoms with Crippen LogP contribution in [0.25, 0.3) is 0 Å². The van der Waals surface area contributed by atoms with Crippen LogP contribution < -0.4 is 10.2 Å². The Kier molecular flexibility index (Phi) is 5.92. The van der Waals surface area contributed by atoms with Crippen LogP contribution in [0.4, 0.5) is 5.82 Å². The zero-order valence-electron chi connectivity index (χ0n) is 13.9. The number of amides is 2. The number of rotatable bonds is 7. The molecule has 2 amide bonds. The quantitative estimate of drug-likeness (QED) is 0.780. The summed E-state index contributed by atoms with van der Waals surface area (Å²) in [4.78, 5) is 32.0. The number of hydrogen-bond donors (Lipinski definition) is 1. The van der Waals surface area contributed by atoms with Crippen molar-refractivity contribution in [2.45, 2.75) is 13.0 Å². The standard InChI is InChI=1S/C16H24N4O3/c1-19(2)14-8-12(4-5-17-14)10-18-16(22)13-9-15(21)20(11-13)6-7-23-3/h4-5,8,13H,6-7,9-11H2,1-3H3,(H,18,22). The molecule has 0 bridgehead atoms. The molecule has 1 aromatic rings. The van der Waals surface area contributed by atoms with Crippen LogP contribution in [0.15, 0.2) is 18.3 Å². The summed E-state index contributed by atoms with van der Waals surface area (Å²) >= 11 is 0. The molecule has 7 heteroatoms. The van der Waals surface area contributed by atoms with Crippen LogP contribution in [0.3, 0.4) is 0 Å². The summed E-state index contributed by atoms with van der Waals surface area (Å²) in [6, 6.07) is 3.81. The molecule has 0 spiro atoms. The van der Waals surface area contributed by atoms with Gasteiger partial charge in [-0.25, -0.2) is 4.98 Å². The van der Waals surface area contributed by atoms with Crippen molar-refractivity contribution in [3.05, 3.63) is 23.9 Å². The van der Waals surface area contributed by atoms with E-state index in [1.165, 1.54) is 0 Å². The number of nitrogens with zero attached hydrogens (tertiary/aromatic N) is 3. The smallest absolute Gasteiger partial charge is 0.225 e. The molecule has 2 heterocycles. The van der Waals surface area contributed by atoms with E-state index in [1.54, 1.807) is 18.2 Å². The first-order valence-electron chi connectivity index (χ1n) is 7.68. The van der Waals surface area contributed by atoms with Gasteiger partial charge in [0.15, 0.2) is 0 Å². The van der Waals surface area contributed by atoms with Crippen LogP contribution in [0.2, 0.25) is 0 Å². The fraction of sp³-hybridized carbons (Fsp3) is 0.562. The van der Waals surface area contributed by atoms with Crippen LogP contribution in [-0.2, 0) is 20.9 Å². The van der Waals surface area contributed by atoms with E-state index in [-0.39, 0.29) is 24.2 Å². The van der Waals surface area contributed by atoms with Crippen molar-refractivity contribution in [2.24, 2.45) is 5.92 Å². The van der Waals surface area contributed by atoms with Gasteiger partial charge in [-0.15, -0.1) is 0 Å². The maximum absolute atomic E-state index is 12.3. The highest BCUT2D eigenvalue weighted by molar-refractivity contribution is 5.89. The van der Waals surface area contributed by atoms with Crippen LogP contribution in [0.5, 0.6) is 0 Å². The van der Waals surface area contributed by atoms with Gasteiger partial charge in [-0.2, -0.15) is 0 Å². The third-order valence-corrected chi connectivity index (χ3v) is 3.89. The van der Waals surface area contributed by atoms with Crippen molar-refractivity contribution in [3.63, 3.8) is 0 Å². The van der Waals surface area contributed by atoms with Crippen LogP contribution in [-0.4, -0.2) is 62.6 Å². The Balaban J connectivity index is 1.86.